The molecule has 0 unspecified atom stereocenters. The minimum absolute atomic E-state index is 0.272. The second kappa shape index (κ2) is 9.88. The Hall–Kier alpha value is -0.120. The Morgan fingerprint density at radius 1 is 1.00 bits per heavy atom. The molecule has 0 saturated carbocycles. The van der Waals surface area contributed by atoms with Crippen LogP contribution in [-0.4, -0.2) is 25.1 Å². The zero-order valence-corrected chi connectivity index (χ0v) is 7.21. The number of ether oxygens (including phenoxy) is 1. The number of rotatable bonds is 8. The molecule has 0 amide bonds. The second-order valence-electron chi connectivity index (χ2n) is 2.51. The van der Waals surface area contributed by atoms with Crippen molar-refractivity contribution in [3.63, 3.8) is 0 Å². The molecule has 0 aliphatic heterocycles. The van der Waals surface area contributed by atoms with Crippen molar-refractivity contribution in [2.75, 3.05) is 19.8 Å². The van der Waals surface area contributed by atoms with E-state index in [9.17, 15) is 0 Å². The van der Waals surface area contributed by atoms with E-state index in [-0.39, 0.29) is 6.61 Å². The summed E-state index contributed by atoms with van der Waals surface area (Å²) in [5.74, 6) is 0. The summed E-state index contributed by atoms with van der Waals surface area (Å²) < 4.78 is 5.14. The number of unbranched alkanes of at least 4 members (excludes halogenated alkanes) is 3. The molecule has 0 aromatic rings. The van der Waals surface area contributed by atoms with Crippen LogP contribution in [0.25, 0.3) is 0 Å². The Balaban J connectivity index is 2.69. The van der Waals surface area contributed by atoms with Crippen LogP contribution in [0.2, 0.25) is 0 Å². The van der Waals surface area contributed by atoms with E-state index in [1.54, 1.807) is 0 Å². The van der Waals surface area contributed by atoms with Gasteiger partial charge in [-0.15, -0.1) is 0 Å². The third kappa shape index (κ3) is 9.88. The van der Waals surface area contributed by atoms with Crippen molar-refractivity contribution in [3.05, 3.63) is 0 Å². The first-order valence-electron chi connectivity index (χ1n) is 4.26. The van der Waals surface area contributed by atoms with Gasteiger partial charge in [0.15, 0.2) is 0 Å². The molecule has 0 aromatic carbocycles. The van der Waals surface area contributed by atoms with Gasteiger partial charge in [0.25, 0.3) is 0 Å². The van der Waals surface area contributed by atoms with Gasteiger partial charge in [0, 0.05) is 6.61 Å². The van der Waals surface area contributed by atoms with Crippen LogP contribution >= 0.6 is 0 Å². The summed E-state index contributed by atoms with van der Waals surface area (Å²) in [6.07, 6.45) is 4.87. The quantitative estimate of drug-likeness (QED) is 0.337. The van der Waals surface area contributed by atoms with E-state index in [0.29, 0.717) is 6.61 Å². The predicted molar refractivity (Wildman–Crippen MR) is 43.5 cm³/mol. The van der Waals surface area contributed by atoms with Crippen LogP contribution in [-0.2, 0) is 9.62 Å². The molecular weight excluding hydrogens is 144 g/mol. The van der Waals surface area contributed by atoms with Crippen molar-refractivity contribution >= 4 is 0 Å². The smallest absolute Gasteiger partial charge is 0.105 e. The molecule has 0 heterocycles. The molecule has 0 aromatic heterocycles. The summed E-state index contributed by atoms with van der Waals surface area (Å²) in [6.45, 7) is 3.72. The lowest BCUT2D eigenvalue weighted by atomic mass is 10.2. The van der Waals surface area contributed by atoms with E-state index in [2.05, 4.69) is 11.8 Å². The minimum atomic E-state index is 0.272. The average molecular weight is 162 g/mol. The normalized spacial score (nSPS) is 10.4. The Labute approximate surface area is 68.2 Å². The highest BCUT2D eigenvalue weighted by atomic mass is 17.1. The highest BCUT2D eigenvalue weighted by Crippen LogP contribution is 1.98. The maximum absolute atomic E-state index is 7.93. The van der Waals surface area contributed by atoms with Crippen molar-refractivity contribution in [2.45, 2.75) is 32.6 Å². The van der Waals surface area contributed by atoms with Crippen LogP contribution in [0.1, 0.15) is 32.6 Å². The summed E-state index contributed by atoms with van der Waals surface area (Å²) in [5, 5.41) is 7.93. The summed E-state index contributed by atoms with van der Waals surface area (Å²) >= 11 is 0. The largest absolute Gasteiger partial charge is 0.379 e. The molecule has 0 radical (unpaired) electrons. The van der Waals surface area contributed by atoms with Gasteiger partial charge in [-0.05, 0) is 6.42 Å². The zero-order valence-electron chi connectivity index (χ0n) is 7.21. The average Bonchev–Trinajstić information content (AvgIpc) is 2.03. The van der Waals surface area contributed by atoms with Gasteiger partial charge in [0.2, 0.25) is 0 Å². The second-order valence-corrected chi connectivity index (χ2v) is 2.51. The summed E-state index contributed by atoms with van der Waals surface area (Å²) in [7, 11) is 0. The highest BCUT2D eigenvalue weighted by Gasteiger charge is 1.88. The molecule has 1 N–H and O–H groups in total. The van der Waals surface area contributed by atoms with E-state index in [1.165, 1.54) is 19.3 Å². The van der Waals surface area contributed by atoms with Gasteiger partial charge in [-0.25, -0.2) is 4.89 Å². The van der Waals surface area contributed by atoms with Crippen LogP contribution in [0, 0.1) is 0 Å². The molecule has 0 bridgehead atoms. The van der Waals surface area contributed by atoms with Gasteiger partial charge in [-0.2, -0.15) is 0 Å². The molecule has 0 atom stereocenters. The van der Waals surface area contributed by atoms with E-state index in [1.807, 2.05) is 0 Å². The van der Waals surface area contributed by atoms with Crippen LogP contribution in [0.4, 0.5) is 0 Å². The van der Waals surface area contributed by atoms with Crippen LogP contribution in [0.15, 0.2) is 0 Å². The van der Waals surface area contributed by atoms with Crippen LogP contribution < -0.4 is 0 Å². The van der Waals surface area contributed by atoms with Gasteiger partial charge in [0.05, 0.1) is 6.61 Å². The lowest BCUT2D eigenvalue weighted by Crippen LogP contribution is -2.02. The monoisotopic (exact) mass is 162 g/mol. The molecule has 68 valence electrons. The number of hydrogen-bond donors (Lipinski definition) is 1. The fourth-order valence-corrected chi connectivity index (χ4v) is 0.829. The molecule has 0 spiro atoms. The van der Waals surface area contributed by atoms with Gasteiger partial charge in [-0.1, -0.05) is 26.2 Å². The lowest BCUT2D eigenvalue weighted by molar-refractivity contribution is -0.249. The van der Waals surface area contributed by atoms with Crippen molar-refractivity contribution in [3.8, 4) is 0 Å². The van der Waals surface area contributed by atoms with Gasteiger partial charge >= 0.3 is 0 Å². The number of hydrogen-bond acceptors (Lipinski definition) is 3. The Bertz CT molecular complexity index is 58.4. The van der Waals surface area contributed by atoms with Crippen molar-refractivity contribution in [1.29, 1.82) is 0 Å². The maximum Gasteiger partial charge on any atom is 0.105 e. The zero-order chi connectivity index (χ0) is 8.36. The van der Waals surface area contributed by atoms with Crippen LogP contribution in [0.3, 0.4) is 0 Å². The Morgan fingerprint density at radius 3 is 2.45 bits per heavy atom. The molecular formula is C8H18O3. The van der Waals surface area contributed by atoms with E-state index >= 15 is 0 Å². The first-order chi connectivity index (χ1) is 5.41. The van der Waals surface area contributed by atoms with Gasteiger partial charge in [-0.3, -0.25) is 5.26 Å². The summed E-state index contributed by atoms with van der Waals surface area (Å²) in [5.41, 5.74) is 0. The summed E-state index contributed by atoms with van der Waals surface area (Å²) in [4.78, 5) is 3.84. The van der Waals surface area contributed by atoms with Crippen LogP contribution in [0.5, 0.6) is 0 Å². The fraction of sp³-hybridized carbons (Fsp3) is 1.00. The highest BCUT2D eigenvalue weighted by molar-refractivity contribution is 4.38. The molecule has 0 aliphatic rings. The maximum atomic E-state index is 7.93. The van der Waals surface area contributed by atoms with Crippen molar-refractivity contribution in [1.82, 2.24) is 0 Å². The molecule has 0 fully saturated rings. The van der Waals surface area contributed by atoms with Gasteiger partial charge in [0.1, 0.15) is 6.61 Å². The summed E-state index contributed by atoms with van der Waals surface area (Å²) in [6, 6.07) is 0. The molecule has 0 saturated heterocycles. The molecule has 0 rings (SSSR count). The van der Waals surface area contributed by atoms with E-state index in [4.69, 9.17) is 9.99 Å². The van der Waals surface area contributed by atoms with Crippen molar-refractivity contribution < 1.29 is 14.9 Å². The predicted octanol–water partition coefficient (Wildman–Crippen LogP) is 2.07. The Morgan fingerprint density at radius 2 is 1.82 bits per heavy atom. The third-order valence-corrected chi connectivity index (χ3v) is 1.46. The Kier molecular flexibility index (Phi) is 9.77. The first kappa shape index (κ1) is 10.9. The topological polar surface area (TPSA) is 38.7 Å². The molecule has 3 heteroatoms. The fourth-order valence-electron chi connectivity index (χ4n) is 0.829. The van der Waals surface area contributed by atoms with Gasteiger partial charge < -0.3 is 4.74 Å². The SMILES string of the molecule is CCCCCCOCCOO. The third-order valence-electron chi connectivity index (χ3n) is 1.46. The minimum Gasteiger partial charge on any atom is -0.379 e. The standard InChI is InChI=1S/C8H18O3/c1-2-3-4-5-6-10-7-8-11-9/h9H,2-8H2,1H3. The first-order valence-corrected chi connectivity index (χ1v) is 4.26. The van der Waals surface area contributed by atoms with Crippen molar-refractivity contribution in [2.24, 2.45) is 0 Å². The lowest BCUT2D eigenvalue weighted by Gasteiger charge is -2.01. The van der Waals surface area contributed by atoms with E-state index in [0.717, 1.165) is 13.0 Å². The molecule has 3 nitrogen and oxygen atoms in total. The molecule has 11 heavy (non-hydrogen) atoms. The molecule has 0 aliphatic carbocycles. The van der Waals surface area contributed by atoms with E-state index < -0.39 is 0 Å².